The highest BCUT2D eigenvalue weighted by Gasteiger charge is 2.11. The molecule has 27 heavy (non-hydrogen) atoms. The molecule has 0 bridgehead atoms. The van der Waals surface area contributed by atoms with Crippen LogP contribution in [-0.4, -0.2) is 35.4 Å². The van der Waals surface area contributed by atoms with Crippen LogP contribution in [0.15, 0.2) is 18.2 Å². The lowest BCUT2D eigenvalue weighted by atomic mass is 10.1. The monoisotopic (exact) mass is 373 g/mol. The lowest BCUT2D eigenvalue weighted by Gasteiger charge is -2.12. The number of ether oxygens (including phenoxy) is 2. The van der Waals surface area contributed by atoms with Crippen molar-refractivity contribution in [2.24, 2.45) is 7.05 Å². The fourth-order valence-corrected chi connectivity index (χ4v) is 3.10. The molecule has 0 aliphatic heterocycles. The maximum Gasteiger partial charge on any atom is 0.220 e. The third-order valence-corrected chi connectivity index (χ3v) is 4.60. The molecule has 1 heterocycles. The Labute approximate surface area is 161 Å². The zero-order valence-electron chi connectivity index (χ0n) is 17.1. The van der Waals surface area contributed by atoms with Gasteiger partial charge in [-0.05, 0) is 63.8 Å². The SMILES string of the molecule is CCOc1ccc(CCNC(=O)CCc2c(C)nn(C)c2C)cc1OCC. The first-order chi connectivity index (χ1) is 13.0. The molecule has 0 saturated heterocycles. The summed E-state index contributed by atoms with van der Waals surface area (Å²) in [5.41, 5.74) is 4.40. The maximum absolute atomic E-state index is 12.2. The second-order valence-electron chi connectivity index (χ2n) is 6.52. The molecule has 2 rings (SSSR count). The first-order valence-electron chi connectivity index (χ1n) is 9.60. The summed E-state index contributed by atoms with van der Waals surface area (Å²) in [7, 11) is 1.93. The van der Waals surface area contributed by atoms with Crippen LogP contribution in [0.1, 0.15) is 42.8 Å². The Morgan fingerprint density at radius 3 is 2.44 bits per heavy atom. The maximum atomic E-state index is 12.2. The van der Waals surface area contributed by atoms with E-state index in [1.165, 1.54) is 5.56 Å². The van der Waals surface area contributed by atoms with Crippen LogP contribution < -0.4 is 14.8 Å². The van der Waals surface area contributed by atoms with Crippen molar-refractivity contribution in [1.82, 2.24) is 15.1 Å². The van der Waals surface area contributed by atoms with Gasteiger partial charge in [-0.2, -0.15) is 5.10 Å². The highest BCUT2D eigenvalue weighted by molar-refractivity contribution is 5.76. The zero-order valence-corrected chi connectivity index (χ0v) is 17.1. The molecule has 1 aromatic carbocycles. The van der Waals surface area contributed by atoms with Gasteiger partial charge in [0.15, 0.2) is 11.5 Å². The average molecular weight is 373 g/mol. The molecule has 0 spiro atoms. The summed E-state index contributed by atoms with van der Waals surface area (Å²) in [6, 6.07) is 5.94. The number of nitrogens with zero attached hydrogens (tertiary/aromatic N) is 2. The molecule has 0 radical (unpaired) electrons. The van der Waals surface area contributed by atoms with E-state index in [-0.39, 0.29) is 5.91 Å². The number of nitrogens with one attached hydrogen (secondary N) is 1. The van der Waals surface area contributed by atoms with Crippen molar-refractivity contribution in [3.05, 3.63) is 40.7 Å². The Balaban J connectivity index is 1.83. The van der Waals surface area contributed by atoms with Crippen molar-refractivity contribution in [2.45, 2.75) is 47.0 Å². The van der Waals surface area contributed by atoms with Gasteiger partial charge in [0.1, 0.15) is 0 Å². The summed E-state index contributed by atoms with van der Waals surface area (Å²) >= 11 is 0. The van der Waals surface area contributed by atoms with Crippen LogP contribution in [-0.2, 0) is 24.7 Å². The number of carbonyl (C=O) groups is 1. The van der Waals surface area contributed by atoms with Crippen molar-refractivity contribution in [3.8, 4) is 11.5 Å². The number of carbonyl (C=O) groups excluding carboxylic acids is 1. The van der Waals surface area contributed by atoms with Crippen LogP contribution in [0.3, 0.4) is 0 Å². The molecule has 2 aromatic rings. The standard InChI is InChI=1S/C21H31N3O3/c1-6-26-19-10-8-17(14-20(19)27-7-2)12-13-22-21(25)11-9-18-15(3)23-24(5)16(18)4/h8,10,14H,6-7,9,11-13H2,1-5H3,(H,22,25). The number of aryl methyl sites for hydroxylation is 2. The van der Waals surface area contributed by atoms with Crippen LogP contribution in [0.25, 0.3) is 0 Å². The van der Waals surface area contributed by atoms with Crippen LogP contribution in [0.2, 0.25) is 0 Å². The van der Waals surface area contributed by atoms with Gasteiger partial charge in [0.05, 0.1) is 18.9 Å². The van der Waals surface area contributed by atoms with Crippen LogP contribution in [0, 0.1) is 13.8 Å². The van der Waals surface area contributed by atoms with Gasteiger partial charge < -0.3 is 14.8 Å². The fraction of sp³-hybridized carbons (Fsp3) is 0.524. The summed E-state index contributed by atoms with van der Waals surface area (Å²) in [6.07, 6.45) is 1.94. The van der Waals surface area contributed by atoms with E-state index in [1.54, 1.807) is 0 Å². The number of rotatable bonds is 10. The third kappa shape index (κ3) is 5.74. The number of aromatic nitrogens is 2. The molecule has 1 amide bonds. The summed E-state index contributed by atoms with van der Waals surface area (Å²) in [4.78, 5) is 12.2. The minimum atomic E-state index is 0.0635. The Morgan fingerprint density at radius 2 is 1.81 bits per heavy atom. The van der Waals surface area contributed by atoms with E-state index in [0.717, 1.165) is 41.3 Å². The van der Waals surface area contributed by atoms with E-state index >= 15 is 0 Å². The first kappa shape index (κ1) is 20.8. The minimum Gasteiger partial charge on any atom is -0.490 e. The van der Waals surface area contributed by atoms with E-state index < -0.39 is 0 Å². The molecule has 0 atom stereocenters. The fourth-order valence-electron chi connectivity index (χ4n) is 3.10. The van der Waals surface area contributed by atoms with Crippen LogP contribution >= 0.6 is 0 Å². The highest BCUT2D eigenvalue weighted by atomic mass is 16.5. The van der Waals surface area contributed by atoms with Gasteiger partial charge in [0, 0.05) is 25.7 Å². The zero-order chi connectivity index (χ0) is 19.8. The summed E-state index contributed by atoms with van der Waals surface area (Å²) in [6.45, 7) is 9.72. The second-order valence-corrected chi connectivity index (χ2v) is 6.52. The van der Waals surface area contributed by atoms with Gasteiger partial charge in [-0.25, -0.2) is 0 Å². The molecule has 0 aliphatic rings. The minimum absolute atomic E-state index is 0.0635. The quantitative estimate of drug-likeness (QED) is 0.695. The largest absolute Gasteiger partial charge is 0.490 e. The smallest absolute Gasteiger partial charge is 0.220 e. The van der Waals surface area contributed by atoms with Gasteiger partial charge in [-0.3, -0.25) is 9.48 Å². The predicted octanol–water partition coefficient (Wildman–Crippen LogP) is 3.13. The molecule has 1 aromatic heterocycles. The third-order valence-electron chi connectivity index (χ3n) is 4.60. The summed E-state index contributed by atoms with van der Waals surface area (Å²) < 4.78 is 13.1. The normalized spacial score (nSPS) is 10.7. The molecule has 0 fully saturated rings. The average Bonchev–Trinajstić information content (AvgIpc) is 2.87. The van der Waals surface area contributed by atoms with E-state index in [1.807, 2.05) is 57.6 Å². The van der Waals surface area contributed by atoms with Crippen molar-refractivity contribution < 1.29 is 14.3 Å². The van der Waals surface area contributed by atoms with Crippen molar-refractivity contribution >= 4 is 5.91 Å². The van der Waals surface area contributed by atoms with Gasteiger partial charge in [0.2, 0.25) is 5.91 Å². The summed E-state index contributed by atoms with van der Waals surface area (Å²) in [5, 5.41) is 7.40. The molecule has 1 N–H and O–H groups in total. The number of hydrogen-bond donors (Lipinski definition) is 1. The summed E-state index contributed by atoms with van der Waals surface area (Å²) in [5.74, 6) is 1.58. The number of hydrogen-bond acceptors (Lipinski definition) is 4. The van der Waals surface area contributed by atoms with Crippen molar-refractivity contribution in [2.75, 3.05) is 19.8 Å². The molecule has 6 nitrogen and oxygen atoms in total. The Morgan fingerprint density at radius 1 is 1.11 bits per heavy atom. The lowest BCUT2D eigenvalue weighted by Crippen LogP contribution is -2.26. The lowest BCUT2D eigenvalue weighted by molar-refractivity contribution is -0.121. The van der Waals surface area contributed by atoms with E-state index in [4.69, 9.17) is 9.47 Å². The van der Waals surface area contributed by atoms with Crippen LogP contribution in [0.5, 0.6) is 11.5 Å². The van der Waals surface area contributed by atoms with E-state index in [9.17, 15) is 4.79 Å². The van der Waals surface area contributed by atoms with E-state index in [2.05, 4.69) is 10.4 Å². The topological polar surface area (TPSA) is 65.4 Å². The van der Waals surface area contributed by atoms with Crippen molar-refractivity contribution in [1.29, 1.82) is 0 Å². The molecule has 148 valence electrons. The van der Waals surface area contributed by atoms with Gasteiger partial charge in [-0.1, -0.05) is 6.07 Å². The molecule has 0 unspecified atom stereocenters. The Kier molecular flexibility index (Phi) is 7.70. The van der Waals surface area contributed by atoms with Gasteiger partial charge >= 0.3 is 0 Å². The molecule has 6 heteroatoms. The molecular weight excluding hydrogens is 342 g/mol. The molecule has 0 saturated carbocycles. The number of benzene rings is 1. The number of amides is 1. The second kappa shape index (κ2) is 10.00. The van der Waals surface area contributed by atoms with Gasteiger partial charge in [-0.15, -0.1) is 0 Å². The highest BCUT2D eigenvalue weighted by Crippen LogP contribution is 2.28. The predicted molar refractivity (Wildman–Crippen MR) is 106 cm³/mol. The molecule has 0 aliphatic carbocycles. The van der Waals surface area contributed by atoms with Crippen LogP contribution in [0.4, 0.5) is 0 Å². The van der Waals surface area contributed by atoms with E-state index in [0.29, 0.717) is 26.2 Å². The van der Waals surface area contributed by atoms with Crippen molar-refractivity contribution in [3.63, 3.8) is 0 Å². The Hall–Kier alpha value is -2.50. The Bertz CT molecular complexity index is 768. The first-order valence-corrected chi connectivity index (χ1v) is 9.60. The van der Waals surface area contributed by atoms with Gasteiger partial charge in [0.25, 0.3) is 0 Å². The molecular formula is C21H31N3O3.